The van der Waals surface area contributed by atoms with E-state index in [0.717, 1.165) is 0 Å². The number of rotatable bonds is 0. The zero-order valence-corrected chi connectivity index (χ0v) is 7.18. The summed E-state index contributed by atoms with van der Waals surface area (Å²) in [6.45, 7) is 0. The van der Waals surface area contributed by atoms with Gasteiger partial charge in [0.15, 0.2) is 0 Å². The van der Waals surface area contributed by atoms with Crippen LogP contribution in [0.4, 0.5) is 30.7 Å². The van der Waals surface area contributed by atoms with E-state index in [0.29, 0.717) is 0 Å². The van der Waals surface area contributed by atoms with Crippen LogP contribution < -0.4 is 0 Å². The van der Waals surface area contributed by atoms with Gasteiger partial charge in [0.25, 0.3) is 0 Å². The summed E-state index contributed by atoms with van der Waals surface area (Å²) in [6, 6.07) is 0. The first kappa shape index (κ1) is 12.0. The molecule has 0 N–H and O–H groups in total. The summed E-state index contributed by atoms with van der Waals surface area (Å²) >= 11 is 0.259. The van der Waals surface area contributed by atoms with Crippen molar-refractivity contribution in [2.24, 2.45) is 0 Å². The van der Waals surface area contributed by atoms with Gasteiger partial charge >= 0.3 is 12.4 Å². The topological polar surface area (TPSA) is 0 Å². The Labute approximate surface area is 75.6 Å². The third-order valence-electron chi connectivity index (χ3n) is 0.690. The maximum Gasteiger partial charge on any atom is 0.444 e. The summed E-state index contributed by atoms with van der Waals surface area (Å²) in [6.07, 6.45) is -10.9. The summed E-state index contributed by atoms with van der Waals surface area (Å²) < 4.78 is 77.7. The quantitative estimate of drug-likeness (QED) is 0.472. The van der Waals surface area contributed by atoms with Gasteiger partial charge in [-0.2, -0.15) is 26.3 Å². The van der Waals surface area contributed by atoms with Crippen molar-refractivity contribution in [3.05, 3.63) is 9.41 Å². The highest BCUT2D eigenvalue weighted by atomic mass is 127. The Morgan fingerprint density at radius 1 is 0.833 bits per heavy atom. The Morgan fingerprint density at radius 2 is 1.17 bits per heavy atom. The Balaban J connectivity index is 4.96. The van der Waals surface area contributed by atoms with Gasteiger partial charge in [-0.25, -0.2) is 4.39 Å². The van der Waals surface area contributed by atoms with E-state index in [2.05, 4.69) is 0 Å². The van der Waals surface area contributed by atoms with Crippen LogP contribution in [-0.2, 0) is 0 Å². The Kier molecular flexibility index (Phi) is 3.38. The summed E-state index contributed by atoms with van der Waals surface area (Å²) in [5, 5.41) is 0. The molecular weight excluding hydrogens is 308 g/mol. The van der Waals surface area contributed by atoms with Crippen LogP contribution in [0.5, 0.6) is 0 Å². The Morgan fingerprint density at radius 3 is 1.25 bits per heavy atom. The first-order valence-electron chi connectivity index (χ1n) is 2.26. The summed E-state index contributed by atoms with van der Waals surface area (Å²) in [5.74, 6) is -3.12. The van der Waals surface area contributed by atoms with Gasteiger partial charge in [0.2, 0.25) is 5.83 Å². The minimum Gasteiger partial charge on any atom is -0.201 e. The molecular formula is C4F7I. The molecule has 0 spiro atoms. The lowest BCUT2D eigenvalue weighted by molar-refractivity contribution is -0.122. The second kappa shape index (κ2) is 3.38. The van der Waals surface area contributed by atoms with Gasteiger partial charge in [0.1, 0.15) is 3.58 Å². The SMILES string of the molecule is FC(=C(I)C(F)(F)F)C(F)(F)F. The molecule has 0 radical (unpaired) electrons. The molecule has 0 aromatic carbocycles. The summed E-state index contributed by atoms with van der Waals surface area (Å²) in [7, 11) is 0. The van der Waals surface area contributed by atoms with Crippen LogP contribution in [0.2, 0.25) is 0 Å². The zero-order chi connectivity index (χ0) is 10.2. The molecule has 0 aliphatic carbocycles. The van der Waals surface area contributed by atoms with Crippen molar-refractivity contribution < 1.29 is 30.7 Å². The molecule has 0 heterocycles. The number of hydrogen-bond acceptors (Lipinski definition) is 0. The number of alkyl halides is 6. The fourth-order valence-corrected chi connectivity index (χ4v) is 0.555. The van der Waals surface area contributed by atoms with Crippen molar-refractivity contribution >= 4 is 22.6 Å². The third-order valence-corrected chi connectivity index (χ3v) is 1.78. The van der Waals surface area contributed by atoms with Gasteiger partial charge in [0, 0.05) is 0 Å². The molecule has 0 amide bonds. The van der Waals surface area contributed by atoms with E-state index in [1.54, 1.807) is 0 Å². The van der Waals surface area contributed by atoms with Gasteiger partial charge in [-0.1, -0.05) is 0 Å². The van der Waals surface area contributed by atoms with E-state index in [1.165, 1.54) is 0 Å². The van der Waals surface area contributed by atoms with E-state index in [-0.39, 0.29) is 22.6 Å². The molecule has 72 valence electrons. The average Bonchev–Trinajstić information content (AvgIpc) is 1.80. The molecule has 12 heavy (non-hydrogen) atoms. The second-order valence-electron chi connectivity index (χ2n) is 1.62. The van der Waals surface area contributed by atoms with Crippen LogP contribution in [0.3, 0.4) is 0 Å². The van der Waals surface area contributed by atoms with Crippen LogP contribution in [0, 0.1) is 0 Å². The maximum atomic E-state index is 11.8. The van der Waals surface area contributed by atoms with Gasteiger partial charge in [-0.15, -0.1) is 0 Å². The first-order chi connectivity index (χ1) is 5.07. The van der Waals surface area contributed by atoms with Gasteiger partial charge < -0.3 is 0 Å². The molecule has 0 bridgehead atoms. The molecule has 0 unspecified atom stereocenters. The lowest BCUT2D eigenvalue weighted by Crippen LogP contribution is -2.16. The highest BCUT2D eigenvalue weighted by Crippen LogP contribution is 2.40. The fourth-order valence-electron chi connectivity index (χ4n) is 0.249. The van der Waals surface area contributed by atoms with Crippen LogP contribution in [0.15, 0.2) is 9.41 Å². The lowest BCUT2D eigenvalue weighted by atomic mass is 10.4. The van der Waals surface area contributed by atoms with Crippen molar-refractivity contribution in [3.8, 4) is 0 Å². The van der Waals surface area contributed by atoms with Crippen LogP contribution in [0.25, 0.3) is 0 Å². The molecule has 0 nitrogen and oxygen atoms in total. The second-order valence-corrected chi connectivity index (χ2v) is 2.70. The first-order valence-corrected chi connectivity index (χ1v) is 3.34. The molecule has 0 fully saturated rings. The van der Waals surface area contributed by atoms with Crippen molar-refractivity contribution in [3.63, 3.8) is 0 Å². The lowest BCUT2D eigenvalue weighted by Gasteiger charge is -2.08. The van der Waals surface area contributed by atoms with E-state index >= 15 is 0 Å². The molecule has 0 saturated heterocycles. The van der Waals surface area contributed by atoms with E-state index in [1.807, 2.05) is 0 Å². The van der Waals surface area contributed by atoms with Crippen LogP contribution in [0.1, 0.15) is 0 Å². The summed E-state index contributed by atoms with van der Waals surface area (Å²) in [4.78, 5) is 0. The van der Waals surface area contributed by atoms with Gasteiger partial charge in [0.05, 0.1) is 0 Å². The monoisotopic (exact) mass is 308 g/mol. The molecule has 8 heteroatoms. The predicted molar refractivity (Wildman–Crippen MR) is 34.3 cm³/mol. The molecule has 0 aliphatic rings. The molecule has 0 aromatic heterocycles. The van der Waals surface area contributed by atoms with E-state index in [9.17, 15) is 30.7 Å². The van der Waals surface area contributed by atoms with Crippen LogP contribution in [-0.4, -0.2) is 12.4 Å². The Hall–Kier alpha value is -0.0200. The summed E-state index contributed by atoms with van der Waals surface area (Å²) in [5.41, 5.74) is 0. The van der Waals surface area contributed by atoms with Gasteiger partial charge in [-0.3, -0.25) is 0 Å². The van der Waals surface area contributed by atoms with Crippen molar-refractivity contribution in [2.75, 3.05) is 0 Å². The van der Waals surface area contributed by atoms with E-state index < -0.39 is 21.8 Å². The number of hydrogen-bond donors (Lipinski definition) is 0. The zero-order valence-electron chi connectivity index (χ0n) is 5.02. The van der Waals surface area contributed by atoms with Gasteiger partial charge in [-0.05, 0) is 22.6 Å². The standard InChI is InChI=1S/C4F7I/c5-1(3(6,7)8)2(12)4(9,10)11. The fraction of sp³-hybridized carbons (Fsp3) is 0.500. The molecule has 0 saturated carbocycles. The van der Waals surface area contributed by atoms with Crippen molar-refractivity contribution in [1.29, 1.82) is 0 Å². The Bertz CT molecular complexity index is 174. The third kappa shape index (κ3) is 3.15. The highest BCUT2D eigenvalue weighted by Gasteiger charge is 2.45. The predicted octanol–water partition coefficient (Wildman–Crippen LogP) is 3.73. The molecule has 0 atom stereocenters. The maximum absolute atomic E-state index is 11.8. The smallest absolute Gasteiger partial charge is 0.201 e. The van der Waals surface area contributed by atoms with Crippen molar-refractivity contribution in [1.82, 2.24) is 0 Å². The largest absolute Gasteiger partial charge is 0.444 e. The molecule has 0 rings (SSSR count). The average molecular weight is 308 g/mol. The van der Waals surface area contributed by atoms with Crippen LogP contribution >= 0.6 is 22.6 Å². The molecule has 0 aliphatic heterocycles. The minimum absolute atomic E-state index is 0.259. The van der Waals surface area contributed by atoms with Crippen molar-refractivity contribution in [2.45, 2.75) is 12.4 Å². The van der Waals surface area contributed by atoms with E-state index in [4.69, 9.17) is 0 Å². The highest BCUT2D eigenvalue weighted by molar-refractivity contribution is 14.1. The minimum atomic E-state index is -5.58. The normalized spacial score (nSPS) is 16.0. The molecule has 0 aromatic rings. The number of halogens is 8. The number of allylic oxidation sites excluding steroid dienone is 2.